The number of hydrogen-bond donors (Lipinski definition) is 0. The summed E-state index contributed by atoms with van der Waals surface area (Å²) < 4.78 is 12.6. The van der Waals surface area contributed by atoms with Gasteiger partial charge in [0.15, 0.2) is 0 Å². The van der Waals surface area contributed by atoms with Gasteiger partial charge in [-0.1, -0.05) is 109 Å². The monoisotopic (exact) mass is 668 g/mol. The van der Waals surface area contributed by atoms with Crippen LogP contribution in [0.25, 0.3) is 55.0 Å². The normalized spacial score (nSPS) is 11.5. The smallest absolute Gasteiger partial charge is 0.137 e. The molecular weight excluding hydrogens is 637 g/mol. The Bertz CT molecular complexity index is 2640. The molecule has 4 heteroatoms. The summed E-state index contributed by atoms with van der Waals surface area (Å²) in [5.74, 6) is 0. The molecule has 0 N–H and O–H groups in total. The first-order valence-corrected chi connectivity index (χ1v) is 17.5. The summed E-state index contributed by atoms with van der Waals surface area (Å²) in [6.07, 6.45) is 0. The van der Waals surface area contributed by atoms with Crippen LogP contribution in [0.5, 0.6) is 0 Å². The molecule has 0 saturated heterocycles. The SMILES string of the molecule is c1ccc(N(c2ccc(-c3ccc(N(c4ccccc4)c4cccc5oc6ccccc6c45)cc3)cc2)c2cccc3oc4ccccc4c23)cc1. The molecule has 0 aliphatic rings. The van der Waals surface area contributed by atoms with Crippen molar-refractivity contribution in [3.63, 3.8) is 0 Å². The maximum Gasteiger partial charge on any atom is 0.137 e. The second-order valence-electron chi connectivity index (χ2n) is 12.9. The summed E-state index contributed by atoms with van der Waals surface area (Å²) in [4.78, 5) is 4.63. The molecule has 0 aliphatic heterocycles. The van der Waals surface area contributed by atoms with Crippen LogP contribution >= 0.6 is 0 Å². The van der Waals surface area contributed by atoms with Gasteiger partial charge >= 0.3 is 0 Å². The summed E-state index contributed by atoms with van der Waals surface area (Å²) >= 11 is 0. The van der Waals surface area contributed by atoms with Gasteiger partial charge in [0, 0.05) is 33.5 Å². The van der Waals surface area contributed by atoms with Crippen molar-refractivity contribution in [3.05, 3.63) is 194 Å². The predicted octanol–water partition coefficient (Wildman–Crippen LogP) is 14.1. The molecule has 246 valence electrons. The van der Waals surface area contributed by atoms with Crippen molar-refractivity contribution in [2.75, 3.05) is 9.80 Å². The lowest BCUT2D eigenvalue weighted by Crippen LogP contribution is -2.10. The highest BCUT2D eigenvalue weighted by Crippen LogP contribution is 2.45. The molecule has 0 amide bonds. The zero-order valence-corrected chi connectivity index (χ0v) is 28.2. The van der Waals surface area contributed by atoms with Crippen molar-refractivity contribution in [1.29, 1.82) is 0 Å². The van der Waals surface area contributed by atoms with Gasteiger partial charge in [0.05, 0.1) is 22.1 Å². The van der Waals surface area contributed by atoms with E-state index < -0.39 is 0 Å². The van der Waals surface area contributed by atoms with Gasteiger partial charge in [0.25, 0.3) is 0 Å². The lowest BCUT2D eigenvalue weighted by atomic mass is 10.0. The number of benzene rings is 8. The minimum Gasteiger partial charge on any atom is -0.456 e. The van der Waals surface area contributed by atoms with E-state index in [4.69, 9.17) is 8.83 Å². The summed E-state index contributed by atoms with van der Waals surface area (Å²) in [6.45, 7) is 0. The molecule has 2 aromatic heterocycles. The van der Waals surface area contributed by atoms with Crippen molar-refractivity contribution in [3.8, 4) is 11.1 Å². The van der Waals surface area contributed by atoms with E-state index >= 15 is 0 Å². The molecule has 0 spiro atoms. The van der Waals surface area contributed by atoms with E-state index in [2.05, 4.69) is 168 Å². The summed E-state index contributed by atoms with van der Waals surface area (Å²) in [5, 5.41) is 4.41. The number of nitrogens with zero attached hydrogens (tertiary/aromatic N) is 2. The largest absolute Gasteiger partial charge is 0.456 e. The average Bonchev–Trinajstić information content (AvgIpc) is 3.79. The average molecular weight is 669 g/mol. The van der Waals surface area contributed by atoms with Gasteiger partial charge in [0.1, 0.15) is 22.3 Å². The van der Waals surface area contributed by atoms with E-state index in [0.29, 0.717) is 0 Å². The summed E-state index contributed by atoms with van der Waals surface area (Å²) in [6, 6.07) is 67.8. The Kier molecular flexibility index (Phi) is 7.10. The summed E-state index contributed by atoms with van der Waals surface area (Å²) in [7, 11) is 0. The van der Waals surface area contributed by atoms with E-state index in [1.54, 1.807) is 0 Å². The fourth-order valence-electron chi connectivity index (χ4n) is 7.50. The van der Waals surface area contributed by atoms with E-state index in [9.17, 15) is 0 Å². The molecule has 2 heterocycles. The number of para-hydroxylation sites is 4. The Labute approximate surface area is 301 Å². The third-order valence-electron chi connectivity index (χ3n) is 9.86. The Hall–Kier alpha value is -7.04. The minimum atomic E-state index is 0.873. The second kappa shape index (κ2) is 12.4. The molecule has 8 aromatic carbocycles. The van der Waals surface area contributed by atoms with Crippen molar-refractivity contribution in [1.82, 2.24) is 0 Å². The van der Waals surface area contributed by atoms with E-state index in [1.807, 2.05) is 36.4 Å². The third-order valence-corrected chi connectivity index (χ3v) is 9.86. The Morgan fingerprint density at radius 3 is 1.04 bits per heavy atom. The fourth-order valence-corrected chi connectivity index (χ4v) is 7.50. The van der Waals surface area contributed by atoms with Gasteiger partial charge in [-0.3, -0.25) is 0 Å². The number of rotatable bonds is 7. The van der Waals surface area contributed by atoms with Crippen molar-refractivity contribution in [2.24, 2.45) is 0 Å². The fraction of sp³-hybridized carbons (Fsp3) is 0. The minimum absolute atomic E-state index is 0.873. The Morgan fingerprint density at radius 2 is 0.615 bits per heavy atom. The van der Waals surface area contributed by atoms with Crippen LogP contribution in [0.15, 0.2) is 203 Å². The molecule has 0 fully saturated rings. The molecule has 10 rings (SSSR count). The Balaban J connectivity index is 1.04. The lowest BCUT2D eigenvalue weighted by Gasteiger charge is -2.27. The van der Waals surface area contributed by atoms with Gasteiger partial charge in [-0.2, -0.15) is 0 Å². The van der Waals surface area contributed by atoms with Crippen molar-refractivity contribution in [2.45, 2.75) is 0 Å². The van der Waals surface area contributed by atoms with Crippen LogP contribution in [-0.4, -0.2) is 0 Å². The number of anilines is 6. The maximum atomic E-state index is 6.28. The first-order valence-electron chi connectivity index (χ1n) is 17.5. The number of hydrogen-bond acceptors (Lipinski definition) is 4. The highest BCUT2D eigenvalue weighted by Gasteiger charge is 2.21. The van der Waals surface area contributed by atoms with Gasteiger partial charge < -0.3 is 18.6 Å². The van der Waals surface area contributed by atoms with Gasteiger partial charge in [-0.25, -0.2) is 0 Å². The molecule has 52 heavy (non-hydrogen) atoms. The highest BCUT2D eigenvalue weighted by atomic mass is 16.3. The molecule has 0 unspecified atom stereocenters. The van der Waals surface area contributed by atoms with E-state index in [0.717, 1.165) is 89.1 Å². The maximum absolute atomic E-state index is 6.28. The molecule has 4 nitrogen and oxygen atoms in total. The topological polar surface area (TPSA) is 32.8 Å². The second-order valence-corrected chi connectivity index (χ2v) is 12.9. The molecule has 0 aliphatic carbocycles. The first-order chi connectivity index (χ1) is 25.8. The molecular formula is C48H32N2O2. The van der Waals surface area contributed by atoms with Gasteiger partial charge in [-0.05, 0) is 96.1 Å². The zero-order valence-electron chi connectivity index (χ0n) is 28.2. The van der Waals surface area contributed by atoms with Crippen molar-refractivity contribution >= 4 is 78.0 Å². The number of furan rings is 2. The van der Waals surface area contributed by atoms with Crippen LogP contribution in [0.2, 0.25) is 0 Å². The summed E-state index contributed by atoms with van der Waals surface area (Å²) in [5.41, 5.74) is 12.3. The number of fused-ring (bicyclic) bond motifs is 6. The van der Waals surface area contributed by atoms with Gasteiger partial charge in [-0.15, -0.1) is 0 Å². The molecule has 0 radical (unpaired) electrons. The van der Waals surface area contributed by atoms with Gasteiger partial charge in [0.2, 0.25) is 0 Å². The highest BCUT2D eigenvalue weighted by molar-refractivity contribution is 6.14. The van der Waals surface area contributed by atoms with Crippen LogP contribution in [0.1, 0.15) is 0 Å². The predicted molar refractivity (Wildman–Crippen MR) is 216 cm³/mol. The van der Waals surface area contributed by atoms with Crippen LogP contribution in [0, 0.1) is 0 Å². The molecule has 0 bridgehead atoms. The van der Waals surface area contributed by atoms with E-state index in [-0.39, 0.29) is 0 Å². The molecule has 0 atom stereocenters. The van der Waals surface area contributed by atoms with Crippen LogP contribution in [0.4, 0.5) is 34.1 Å². The molecule has 0 saturated carbocycles. The van der Waals surface area contributed by atoms with E-state index in [1.165, 1.54) is 0 Å². The van der Waals surface area contributed by atoms with Crippen LogP contribution in [-0.2, 0) is 0 Å². The zero-order chi connectivity index (χ0) is 34.4. The standard InChI is InChI=1S/C48H32N2O2/c1-3-13-35(14-4-1)49(41-19-11-23-45-47(41)39-17-7-9-21-43(39)51-45)37-29-25-33(26-30-37)34-27-31-38(32-28-34)50(36-15-5-2-6-16-36)42-20-12-24-46-48(42)40-18-8-10-22-44(40)52-46/h1-32H. The van der Waals surface area contributed by atoms with Crippen LogP contribution in [0.3, 0.4) is 0 Å². The van der Waals surface area contributed by atoms with Crippen LogP contribution < -0.4 is 9.80 Å². The first kappa shape index (κ1) is 29.8. The van der Waals surface area contributed by atoms with Crippen molar-refractivity contribution < 1.29 is 8.83 Å². The quantitative estimate of drug-likeness (QED) is 0.169. The molecule has 10 aromatic rings. The third kappa shape index (κ3) is 5.00. The lowest BCUT2D eigenvalue weighted by molar-refractivity contribution is 0.668. The Morgan fingerprint density at radius 1 is 0.269 bits per heavy atom.